The lowest BCUT2D eigenvalue weighted by molar-refractivity contribution is -0.712. The second-order valence-corrected chi connectivity index (χ2v) is 5.76. The normalized spacial score (nSPS) is 22.4. The van der Waals surface area contributed by atoms with E-state index in [1.807, 2.05) is 12.1 Å². The Balaban J connectivity index is 1.79. The maximum absolute atomic E-state index is 10.6. The van der Waals surface area contributed by atoms with Crippen molar-refractivity contribution in [1.82, 2.24) is 0 Å². The van der Waals surface area contributed by atoms with E-state index in [2.05, 4.69) is 24.4 Å². The maximum Gasteiger partial charge on any atom is 0.255 e. The Morgan fingerprint density at radius 2 is 2.00 bits per heavy atom. The molecule has 0 spiro atoms. The fourth-order valence-electron chi connectivity index (χ4n) is 2.86. The minimum Gasteiger partial charge on any atom is -0.484 e. The summed E-state index contributed by atoms with van der Waals surface area (Å²) in [6.45, 7) is 3.30. The maximum atomic E-state index is 10.6. The minimum atomic E-state index is -0.450. The van der Waals surface area contributed by atoms with Crippen LogP contribution in [0.25, 0.3) is 0 Å². The van der Waals surface area contributed by atoms with Gasteiger partial charge in [0.25, 0.3) is 5.91 Å². The highest BCUT2D eigenvalue weighted by Gasteiger charge is 2.23. The SMILES string of the molecule is C[C@@H]1CCCC[C@H]1[NH2+]Cc1ccc(OCC(N)=O)cc1. The van der Waals surface area contributed by atoms with E-state index in [0.29, 0.717) is 5.75 Å². The Hall–Kier alpha value is -1.55. The summed E-state index contributed by atoms with van der Waals surface area (Å²) < 4.78 is 5.25. The Morgan fingerprint density at radius 1 is 1.30 bits per heavy atom. The van der Waals surface area contributed by atoms with Gasteiger partial charge in [-0.1, -0.05) is 13.3 Å². The molecule has 2 rings (SSSR count). The molecule has 1 aromatic rings. The van der Waals surface area contributed by atoms with Gasteiger partial charge in [0.2, 0.25) is 0 Å². The van der Waals surface area contributed by atoms with Crippen LogP contribution in [0.4, 0.5) is 0 Å². The van der Waals surface area contributed by atoms with Crippen LogP contribution < -0.4 is 15.8 Å². The number of benzene rings is 1. The van der Waals surface area contributed by atoms with Crippen LogP contribution in [0.3, 0.4) is 0 Å². The smallest absolute Gasteiger partial charge is 0.255 e. The van der Waals surface area contributed by atoms with Crippen LogP contribution in [0.5, 0.6) is 5.75 Å². The van der Waals surface area contributed by atoms with Gasteiger partial charge in [0.05, 0.1) is 6.04 Å². The molecule has 4 heteroatoms. The second kappa shape index (κ2) is 7.29. The van der Waals surface area contributed by atoms with Crippen molar-refractivity contribution in [2.45, 2.75) is 45.2 Å². The summed E-state index contributed by atoms with van der Waals surface area (Å²) in [5.41, 5.74) is 6.33. The lowest BCUT2D eigenvalue weighted by Crippen LogP contribution is -2.90. The number of hydrogen-bond donors (Lipinski definition) is 2. The van der Waals surface area contributed by atoms with E-state index in [1.165, 1.54) is 31.2 Å². The molecule has 1 amide bonds. The van der Waals surface area contributed by atoms with E-state index in [1.54, 1.807) is 0 Å². The van der Waals surface area contributed by atoms with Crippen LogP contribution in [0.15, 0.2) is 24.3 Å². The third-order valence-electron chi connectivity index (χ3n) is 4.14. The standard InChI is InChI=1S/C16H24N2O2/c1-12-4-2-3-5-15(12)18-10-13-6-8-14(9-7-13)20-11-16(17)19/h6-9,12,15,18H,2-5,10-11H2,1H3,(H2,17,19)/p+1/t12-,15-/m1/s1. The zero-order chi connectivity index (χ0) is 14.4. The molecule has 0 unspecified atom stereocenters. The highest BCUT2D eigenvalue weighted by atomic mass is 16.5. The molecule has 4 nitrogen and oxygen atoms in total. The van der Waals surface area contributed by atoms with Crippen molar-refractivity contribution in [3.63, 3.8) is 0 Å². The minimum absolute atomic E-state index is 0.0644. The van der Waals surface area contributed by atoms with E-state index in [0.717, 1.165) is 18.5 Å². The Morgan fingerprint density at radius 3 is 2.65 bits per heavy atom. The molecule has 0 heterocycles. The summed E-state index contributed by atoms with van der Waals surface area (Å²) >= 11 is 0. The summed E-state index contributed by atoms with van der Waals surface area (Å²) in [7, 11) is 0. The van der Waals surface area contributed by atoms with Crippen LogP contribution in [0.2, 0.25) is 0 Å². The number of carbonyl (C=O) groups is 1. The highest BCUT2D eigenvalue weighted by Crippen LogP contribution is 2.21. The summed E-state index contributed by atoms with van der Waals surface area (Å²) in [4.78, 5) is 10.6. The molecule has 1 aliphatic rings. The molecule has 2 atom stereocenters. The first-order valence-electron chi connectivity index (χ1n) is 7.48. The van der Waals surface area contributed by atoms with Crippen LogP contribution in [-0.4, -0.2) is 18.6 Å². The first kappa shape index (κ1) is 14.9. The number of amides is 1. The van der Waals surface area contributed by atoms with Crippen molar-refractivity contribution in [1.29, 1.82) is 0 Å². The van der Waals surface area contributed by atoms with Gasteiger partial charge < -0.3 is 15.8 Å². The Kier molecular flexibility index (Phi) is 5.41. The molecule has 1 fully saturated rings. The first-order valence-corrected chi connectivity index (χ1v) is 7.48. The summed E-state index contributed by atoms with van der Waals surface area (Å²) in [5, 5.41) is 2.46. The molecule has 4 N–H and O–H groups in total. The fourth-order valence-corrected chi connectivity index (χ4v) is 2.86. The molecule has 0 aromatic heterocycles. The number of hydrogen-bond acceptors (Lipinski definition) is 2. The van der Waals surface area contributed by atoms with Crippen molar-refractivity contribution in [3.8, 4) is 5.75 Å². The van der Waals surface area contributed by atoms with Crippen LogP contribution in [-0.2, 0) is 11.3 Å². The number of primary amides is 1. The number of ether oxygens (including phenoxy) is 1. The molecule has 1 saturated carbocycles. The summed E-state index contributed by atoms with van der Waals surface area (Å²) in [6.07, 6.45) is 5.45. The van der Waals surface area contributed by atoms with Gasteiger partial charge in [-0.15, -0.1) is 0 Å². The molecular weight excluding hydrogens is 252 g/mol. The molecule has 20 heavy (non-hydrogen) atoms. The largest absolute Gasteiger partial charge is 0.484 e. The van der Waals surface area contributed by atoms with Gasteiger partial charge in [0.1, 0.15) is 12.3 Å². The molecular formula is C16H25N2O2+. The number of nitrogens with two attached hydrogens (primary N) is 2. The average molecular weight is 277 g/mol. The average Bonchev–Trinajstić information content (AvgIpc) is 2.45. The molecule has 1 aromatic carbocycles. The second-order valence-electron chi connectivity index (χ2n) is 5.76. The number of rotatable bonds is 6. The zero-order valence-corrected chi connectivity index (χ0v) is 12.2. The van der Waals surface area contributed by atoms with E-state index in [9.17, 15) is 4.79 Å². The zero-order valence-electron chi connectivity index (χ0n) is 12.2. The topological polar surface area (TPSA) is 68.9 Å². The van der Waals surface area contributed by atoms with Crippen LogP contribution in [0.1, 0.15) is 38.2 Å². The van der Waals surface area contributed by atoms with E-state index in [-0.39, 0.29) is 6.61 Å². The predicted molar refractivity (Wildman–Crippen MR) is 78.2 cm³/mol. The van der Waals surface area contributed by atoms with Gasteiger partial charge in [-0.05, 0) is 43.5 Å². The van der Waals surface area contributed by atoms with Gasteiger partial charge in [-0.2, -0.15) is 0 Å². The third-order valence-corrected chi connectivity index (χ3v) is 4.14. The Labute approximate surface area is 120 Å². The van der Waals surface area contributed by atoms with Crippen molar-refractivity contribution in [2.24, 2.45) is 11.7 Å². The summed E-state index contributed by atoms with van der Waals surface area (Å²) in [5.74, 6) is 1.06. The lowest BCUT2D eigenvalue weighted by Gasteiger charge is -2.26. The van der Waals surface area contributed by atoms with Gasteiger partial charge in [0, 0.05) is 11.5 Å². The molecule has 1 aliphatic carbocycles. The lowest BCUT2D eigenvalue weighted by atomic mass is 9.86. The van der Waals surface area contributed by atoms with Gasteiger partial charge in [-0.3, -0.25) is 4.79 Å². The van der Waals surface area contributed by atoms with Crippen molar-refractivity contribution in [2.75, 3.05) is 6.61 Å². The third kappa shape index (κ3) is 4.53. The van der Waals surface area contributed by atoms with Crippen molar-refractivity contribution < 1.29 is 14.8 Å². The van der Waals surface area contributed by atoms with Crippen LogP contribution >= 0.6 is 0 Å². The number of quaternary nitrogens is 1. The van der Waals surface area contributed by atoms with Crippen molar-refractivity contribution in [3.05, 3.63) is 29.8 Å². The first-order chi connectivity index (χ1) is 9.65. The summed E-state index contributed by atoms with van der Waals surface area (Å²) in [6, 6.07) is 8.67. The Bertz CT molecular complexity index is 431. The molecule has 0 bridgehead atoms. The highest BCUT2D eigenvalue weighted by molar-refractivity contribution is 5.75. The molecule has 0 radical (unpaired) electrons. The van der Waals surface area contributed by atoms with Crippen molar-refractivity contribution >= 4 is 5.91 Å². The van der Waals surface area contributed by atoms with E-state index < -0.39 is 5.91 Å². The van der Waals surface area contributed by atoms with Gasteiger partial charge in [-0.25, -0.2) is 0 Å². The van der Waals surface area contributed by atoms with Crippen LogP contribution in [0, 0.1) is 5.92 Å². The monoisotopic (exact) mass is 277 g/mol. The number of carbonyl (C=O) groups excluding carboxylic acids is 1. The van der Waals surface area contributed by atoms with Gasteiger partial charge in [0.15, 0.2) is 6.61 Å². The quantitative estimate of drug-likeness (QED) is 0.820. The van der Waals surface area contributed by atoms with E-state index >= 15 is 0 Å². The molecule has 0 aliphatic heterocycles. The fraction of sp³-hybridized carbons (Fsp3) is 0.562. The molecule has 110 valence electrons. The van der Waals surface area contributed by atoms with E-state index in [4.69, 9.17) is 10.5 Å². The molecule has 0 saturated heterocycles. The van der Waals surface area contributed by atoms with Gasteiger partial charge >= 0.3 is 0 Å². The predicted octanol–water partition coefficient (Wildman–Crippen LogP) is 1.19.